The molecule has 0 aliphatic rings. The zero-order valence-electron chi connectivity index (χ0n) is 15.2. The lowest BCUT2D eigenvalue weighted by molar-refractivity contribution is 0.0502. The van der Waals surface area contributed by atoms with Gasteiger partial charge in [0.2, 0.25) is 0 Å². The lowest BCUT2D eigenvalue weighted by Gasteiger charge is -2.26. The average Bonchev–Trinajstić information content (AvgIpc) is 2.49. The van der Waals surface area contributed by atoms with Gasteiger partial charge in [0.25, 0.3) is 0 Å². The van der Waals surface area contributed by atoms with Crippen LogP contribution in [0.4, 0.5) is 4.79 Å². The lowest BCUT2D eigenvalue weighted by Crippen LogP contribution is -2.41. The molecule has 2 N–H and O–H groups in total. The minimum absolute atomic E-state index is 0.100. The number of amides is 1. The van der Waals surface area contributed by atoms with E-state index in [1.54, 1.807) is 0 Å². The Balaban J connectivity index is 2.72. The van der Waals surface area contributed by atoms with Crippen molar-refractivity contribution in [1.82, 2.24) is 10.6 Å². The number of rotatable bonds is 8. The van der Waals surface area contributed by atoms with Crippen molar-refractivity contribution >= 4 is 6.09 Å². The van der Waals surface area contributed by atoms with E-state index in [-0.39, 0.29) is 12.1 Å². The van der Waals surface area contributed by atoms with E-state index in [2.05, 4.69) is 24.5 Å². The molecule has 1 rings (SSSR count). The van der Waals surface area contributed by atoms with Crippen molar-refractivity contribution < 1.29 is 9.53 Å². The first-order valence-electron chi connectivity index (χ1n) is 8.63. The highest BCUT2D eigenvalue weighted by molar-refractivity contribution is 5.68. The van der Waals surface area contributed by atoms with Crippen LogP contribution in [-0.2, 0) is 4.74 Å². The smallest absolute Gasteiger partial charge is 0.408 e. The van der Waals surface area contributed by atoms with Gasteiger partial charge in [-0.25, -0.2) is 4.79 Å². The van der Waals surface area contributed by atoms with Gasteiger partial charge < -0.3 is 15.4 Å². The van der Waals surface area contributed by atoms with Gasteiger partial charge in [-0.3, -0.25) is 0 Å². The Morgan fingerprint density at radius 1 is 1.17 bits per heavy atom. The zero-order valence-corrected chi connectivity index (χ0v) is 15.2. The largest absolute Gasteiger partial charge is 0.444 e. The Morgan fingerprint density at radius 2 is 1.83 bits per heavy atom. The maximum absolute atomic E-state index is 12.1. The standard InChI is InChI=1S/C19H32N2O2/c1-6-11-16(7-2)20-14-17(15-12-9-8-10-13-15)21-18(22)23-19(3,4)5/h8-10,12-13,16-17,20H,6-7,11,14H2,1-5H3,(H,21,22). The maximum Gasteiger partial charge on any atom is 0.408 e. The van der Waals surface area contributed by atoms with E-state index < -0.39 is 5.60 Å². The molecule has 1 amide bonds. The summed E-state index contributed by atoms with van der Waals surface area (Å²) in [6.07, 6.45) is 3.00. The van der Waals surface area contributed by atoms with Crippen molar-refractivity contribution in [2.24, 2.45) is 0 Å². The van der Waals surface area contributed by atoms with Gasteiger partial charge >= 0.3 is 6.09 Å². The predicted molar refractivity (Wildman–Crippen MR) is 95.5 cm³/mol. The molecule has 0 radical (unpaired) electrons. The van der Waals surface area contributed by atoms with Gasteiger partial charge in [-0.2, -0.15) is 0 Å². The van der Waals surface area contributed by atoms with Crippen LogP contribution in [0.15, 0.2) is 30.3 Å². The molecule has 130 valence electrons. The fraction of sp³-hybridized carbons (Fsp3) is 0.632. The van der Waals surface area contributed by atoms with E-state index in [9.17, 15) is 4.79 Å². The SMILES string of the molecule is CCCC(CC)NCC(NC(=O)OC(C)(C)C)c1ccccc1. The molecule has 0 spiro atoms. The van der Waals surface area contributed by atoms with Crippen LogP contribution in [0, 0.1) is 0 Å². The molecule has 0 aliphatic carbocycles. The number of hydrogen-bond acceptors (Lipinski definition) is 3. The number of nitrogens with one attached hydrogen (secondary N) is 2. The second-order valence-electron chi connectivity index (χ2n) is 6.91. The van der Waals surface area contributed by atoms with Crippen LogP contribution in [0.2, 0.25) is 0 Å². The van der Waals surface area contributed by atoms with Crippen LogP contribution >= 0.6 is 0 Å². The molecule has 1 aromatic rings. The predicted octanol–water partition coefficient (Wildman–Crippen LogP) is 4.42. The molecule has 4 heteroatoms. The summed E-state index contributed by atoms with van der Waals surface area (Å²) < 4.78 is 5.39. The third-order valence-corrected chi connectivity index (χ3v) is 3.63. The second kappa shape index (κ2) is 9.56. The monoisotopic (exact) mass is 320 g/mol. The molecule has 2 unspecified atom stereocenters. The number of carbonyl (C=O) groups excluding carboxylic acids is 1. The van der Waals surface area contributed by atoms with Crippen molar-refractivity contribution in [3.05, 3.63) is 35.9 Å². The number of ether oxygens (including phenoxy) is 1. The summed E-state index contributed by atoms with van der Waals surface area (Å²) in [5.74, 6) is 0. The highest BCUT2D eigenvalue weighted by Gasteiger charge is 2.21. The van der Waals surface area contributed by atoms with Crippen molar-refractivity contribution in [2.75, 3.05) is 6.54 Å². The number of alkyl carbamates (subject to hydrolysis) is 1. The first kappa shape index (κ1) is 19.5. The van der Waals surface area contributed by atoms with Crippen LogP contribution in [0.5, 0.6) is 0 Å². The molecule has 1 aromatic carbocycles. The van der Waals surface area contributed by atoms with Gasteiger partial charge in [-0.1, -0.05) is 50.6 Å². The van der Waals surface area contributed by atoms with E-state index in [1.807, 2.05) is 51.1 Å². The van der Waals surface area contributed by atoms with Crippen LogP contribution < -0.4 is 10.6 Å². The summed E-state index contributed by atoms with van der Waals surface area (Å²) in [7, 11) is 0. The van der Waals surface area contributed by atoms with Crippen molar-refractivity contribution in [3.8, 4) is 0 Å². The van der Waals surface area contributed by atoms with Crippen LogP contribution in [0.25, 0.3) is 0 Å². The Hall–Kier alpha value is -1.55. The van der Waals surface area contributed by atoms with Crippen molar-refractivity contribution in [2.45, 2.75) is 71.6 Å². The van der Waals surface area contributed by atoms with Crippen LogP contribution in [0.3, 0.4) is 0 Å². The third kappa shape index (κ3) is 8.03. The normalized spacial score (nSPS) is 14.1. The van der Waals surface area contributed by atoms with E-state index in [1.165, 1.54) is 0 Å². The van der Waals surface area contributed by atoms with E-state index >= 15 is 0 Å². The Labute approximate surface area is 141 Å². The molecule has 0 aliphatic heterocycles. The minimum Gasteiger partial charge on any atom is -0.444 e. The first-order chi connectivity index (χ1) is 10.9. The van der Waals surface area contributed by atoms with Gasteiger partial charge in [-0.15, -0.1) is 0 Å². The van der Waals surface area contributed by atoms with Crippen LogP contribution in [-0.4, -0.2) is 24.3 Å². The third-order valence-electron chi connectivity index (χ3n) is 3.63. The first-order valence-corrected chi connectivity index (χ1v) is 8.63. The van der Waals surface area contributed by atoms with E-state index in [0.29, 0.717) is 12.6 Å². The van der Waals surface area contributed by atoms with Gasteiger partial charge in [0.05, 0.1) is 6.04 Å². The Kier molecular flexibility index (Phi) is 8.10. The van der Waals surface area contributed by atoms with Crippen molar-refractivity contribution in [1.29, 1.82) is 0 Å². The zero-order chi connectivity index (χ0) is 17.3. The highest BCUT2D eigenvalue weighted by Crippen LogP contribution is 2.15. The summed E-state index contributed by atoms with van der Waals surface area (Å²) in [6, 6.07) is 10.4. The molecule has 0 heterocycles. The summed E-state index contributed by atoms with van der Waals surface area (Å²) in [4.78, 5) is 12.1. The molecule has 0 aromatic heterocycles. The van der Waals surface area contributed by atoms with E-state index in [4.69, 9.17) is 4.74 Å². The fourth-order valence-corrected chi connectivity index (χ4v) is 2.47. The number of benzene rings is 1. The van der Waals surface area contributed by atoms with Gasteiger partial charge in [0.15, 0.2) is 0 Å². The van der Waals surface area contributed by atoms with Gasteiger partial charge in [-0.05, 0) is 39.2 Å². The minimum atomic E-state index is -0.493. The Morgan fingerprint density at radius 3 is 2.35 bits per heavy atom. The molecule has 4 nitrogen and oxygen atoms in total. The molecule has 0 bridgehead atoms. The van der Waals surface area contributed by atoms with E-state index in [0.717, 1.165) is 24.8 Å². The topological polar surface area (TPSA) is 50.4 Å². The molecule has 2 atom stereocenters. The van der Waals surface area contributed by atoms with Crippen molar-refractivity contribution in [3.63, 3.8) is 0 Å². The van der Waals surface area contributed by atoms with Crippen LogP contribution in [0.1, 0.15) is 65.5 Å². The Bertz CT molecular complexity index is 454. The summed E-state index contributed by atoms with van der Waals surface area (Å²) in [6.45, 7) is 10.7. The summed E-state index contributed by atoms with van der Waals surface area (Å²) >= 11 is 0. The highest BCUT2D eigenvalue weighted by atomic mass is 16.6. The maximum atomic E-state index is 12.1. The second-order valence-corrected chi connectivity index (χ2v) is 6.91. The average molecular weight is 320 g/mol. The lowest BCUT2D eigenvalue weighted by atomic mass is 10.1. The fourth-order valence-electron chi connectivity index (χ4n) is 2.47. The molecular weight excluding hydrogens is 288 g/mol. The molecule has 0 saturated heterocycles. The quantitative estimate of drug-likeness (QED) is 0.745. The summed E-state index contributed by atoms with van der Waals surface area (Å²) in [5, 5.41) is 6.55. The number of hydrogen-bond donors (Lipinski definition) is 2. The van der Waals surface area contributed by atoms with Gasteiger partial charge in [0.1, 0.15) is 5.60 Å². The number of carbonyl (C=O) groups is 1. The van der Waals surface area contributed by atoms with Gasteiger partial charge in [0, 0.05) is 12.6 Å². The summed E-state index contributed by atoms with van der Waals surface area (Å²) in [5.41, 5.74) is 0.588. The molecule has 0 fully saturated rings. The molecule has 23 heavy (non-hydrogen) atoms. The molecular formula is C19H32N2O2. The molecule has 0 saturated carbocycles.